The van der Waals surface area contributed by atoms with Crippen molar-refractivity contribution in [2.75, 3.05) is 5.32 Å². The lowest BCUT2D eigenvalue weighted by atomic mass is 9.92. The van der Waals surface area contributed by atoms with E-state index < -0.39 is 0 Å². The molecule has 5 rings (SSSR count). The average Bonchev–Trinajstić information content (AvgIpc) is 2.85. The van der Waals surface area contributed by atoms with Crippen molar-refractivity contribution < 1.29 is 0 Å². The molecule has 0 atom stereocenters. The average molecular weight is 414 g/mol. The van der Waals surface area contributed by atoms with E-state index in [1.165, 1.54) is 49.4 Å². The number of hydrogen-bond acceptors (Lipinski definition) is 1. The van der Waals surface area contributed by atoms with Gasteiger partial charge in [-0.3, -0.25) is 0 Å². The maximum Gasteiger partial charge on any atom is 0.0491 e. The minimum Gasteiger partial charge on any atom is -0.359 e. The first kappa shape index (κ1) is 20.1. The van der Waals surface area contributed by atoms with Crippen molar-refractivity contribution in [3.8, 4) is 22.3 Å². The zero-order valence-corrected chi connectivity index (χ0v) is 18.7. The first-order valence-corrected chi connectivity index (χ1v) is 11.2. The summed E-state index contributed by atoms with van der Waals surface area (Å²) in [5.41, 5.74) is 8.30. The van der Waals surface area contributed by atoms with E-state index in [1.807, 2.05) is 0 Å². The van der Waals surface area contributed by atoms with E-state index in [-0.39, 0.29) is 0 Å². The first-order valence-electron chi connectivity index (χ1n) is 11.2. The number of rotatable bonds is 5. The molecule has 0 saturated heterocycles. The first-order chi connectivity index (χ1) is 15.7. The van der Waals surface area contributed by atoms with Gasteiger partial charge in [0.25, 0.3) is 0 Å². The van der Waals surface area contributed by atoms with Crippen LogP contribution in [0.5, 0.6) is 0 Å². The molecule has 5 aromatic rings. The topological polar surface area (TPSA) is 12.0 Å². The monoisotopic (exact) mass is 413 g/mol. The van der Waals surface area contributed by atoms with Crippen molar-refractivity contribution in [2.24, 2.45) is 0 Å². The van der Waals surface area contributed by atoms with Crippen LogP contribution < -0.4 is 5.32 Å². The Morgan fingerprint density at radius 2 is 1.31 bits per heavy atom. The van der Waals surface area contributed by atoms with E-state index in [0.717, 1.165) is 17.8 Å². The molecule has 156 valence electrons. The summed E-state index contributed by atoms with van der Waals surface area (Å²) >= 11 is 0. The Hall–Kier alpha value is -3.84. The highest BCUT2D eigenvalue weighted by atomic mass is 14.9. The summed E-state index contributed by atoms with van der Waals surface area (Å²) in [7, 11) is 0. The fourth-order valence-corrected chi connectivity index (χ4v) is 4.46. The molecule has 1 nitrogen and oxygen atoms in total. The molecule has 0 fully saturated rings. The van der Waals surface area contributed by atoms with Gasteiger partial charge in [-0.25, -0.2) is 0 Å². The molecular weight excluding hydrogens is 386 g/mol. The van der Waals surface area contributed by atoms with E-state index in [4.69, 9.17) is 0 Å². The summed E-state index contributed by atoms with van der Waals surface area (Å²) in [6.07, 6.45) is 0.905. The van der Waals surface area contributed by atoms with Gasteiger partial charge in [-0.05, 0) is 63.2 Å². The number of allylic oxidation sites excluding steroid dienone is 1. The van der Waals surface area contributed by atoms with Gasteiger partial charge in [0.2, 0.25) is 0 Å². The van der Waals surface area contributed by atoms with Crippen LogP contribution >= 0.6 is 0 Å². The Kier molecular flexibility index (Phi) is 5.25. The van der Waals surface area contributed by atoms with Crippen LogP contribution in [0.15, 0.2) is 109 Å². The number of fused-ring (bicyclic) bond motifs is 3. The van der Waals surface area contributed by atoms with Crippen molar-refractivity contribution in [2.45, 2.75) is 20.3 Å². The summed E-state index contributed by atoms with van der Waals surface area (Å²) in [4.78, 5) is 0. The van der Waals surface area contributed by atoms with Crippen molar-refractivity contribution in [1.29, 1.82) is 0 Å². The predicted octanol–water partition coefficient (Wildman–Crippen LogP) is 8.97. The van der Waals surface area contributed by atoms with Crippen molar-refractivity contribution >= 4 is 27.2 Å². The van der Waals surface area contributed by atoms with E-state index >= 15 is 0 Å². The molecule has 32 heavy (non-hydrogen) atoms. The second kappa shape index (κ2) is 8.36. The summed E-state index contributed by atoms with van der Waals surface area (Å²) in [6, 6.07) is 35.0. The third-order valence-corrected chi connectivity index (χ3v) is 6.28. The molecular formula is C31H27N. The van der Waals surface area contributed by atoms with Crippen LogP contribution in [0.2, 0.25) is 0 Å². The summed E-state index contributed by atoms with van der Waals surface area (Å²) in [5, 5.41) is 8.68. The lowest BCUT2D eigenvalue weighted by molar-refractivity contribution is 1.11. The zero-order valence-electron chi connectivity index (χ0n) is 18.7. The third-order valence-electron chi connectivity index (χ3n) is 6.28. The van der Waals surface area contributed by atoms with Crippen LogP contribution in [0, 0.1) is 6.92 Å². The van der Waals surface area contributed by atoms with Crippen LogP contribution in [0.25, 0.3) is 43.8 Å². The molecule has 0 saturated carbocycles. The van der Waals surface area contributed by atoms with Gasteiger partial charge in [0.05, 0.1) is 0 Å². The highest BCUT2D eigenvalue weighted by Crippen LogP contribution is 2.37. The van der Waals surface area contributed by atoms with Crippen molar-refractivity contribution in [3.63, 3.8) is 0 Å². The molecule has 0 aliphatic carbocycles. The van der Waals surface area contributed by atoms with Crippen LogP contribution in [-0.2, 0) is 0 Å². The van der Waals surface area contributed by atoms with Gasteiger partial charge in [0, 0.05) is 16.9 Å². The fraction of sp³-hybridized carbons (Fsp3) is 0.0968. The molecule has 1 heteroatoms. The Morgan fingerprint density at radius 3 is 2.03 bits per heavy atom. The lowest BCUT2D eigenvalue weighted by Gasteiger charge is -2.17. The number of benzene rings is 5. The number of aryl methyl sites for hydroxylation is 1. The summed E-state index contributed by atoms with van der Waals surface area (Å²) < 4.78 is 0. The van der Waals surface area contributed by atoms with Crippen LogP contribution in [0.1, 0.15) is 18.9 Å². The molecule has 1 N–H and O–H groups in total. The normalized spacial score (nSPS) is 11.1. The zero-order chi connectivity index (χ0) is 22.1. The molecule has 5 aromatic carbocycles. The van der Waals surface area contributed by atoms with Gasteiger partial charge in [-0.2, -0.15) is 0 Å². The Balaban J connectivity index is 1.62. The van der Waals surface area contributed by atoms with Crippen molar-refractivity contribution in [1.82, 2.24) is 0 Å². The largest absolute Gasteiger partial charge is 0.359 e. The number of hydrogen-bond donors (Lipinski definition) is 1. The summed E-state index contributed by atoms with van der Waals surface area (Å²) in [6.45, 7) is 8.41. The minimum atomic E-state index is 0.905. The summed E-state index contributed by atoms with van der Waals surface area (Å²) in [5.74, 6) is 0. The Morgan fingerprint density at radius 1 is 0.688 bits per heavy atom. The standard InChI is InChI=1S/C31H27N/c1-4-22(3)32-31-21(2)10-9-15-27(31)23-16-18-24(19-17-23)30-20-25-11-5-6-12-26(25)28-13-7-8-14-29(28)30/h5-20,32H,3-4H2,1-2H3. The van der Waals surface area contributed by atoms with Crippen LogP contribution in [0.4, 0.5) is 5.69 Å². The maximum atomic E-state index is 4.14. The highest BCUT2D eigenvalue weighted by molar-refractivity contribution is 6.13. The highest BCUT2D eigenvalue weighted by Gasteiger charge is 2.11. The van der Waals surface area contributed by atoms with Gasteiger partial charge in [0.15, 0.2) is 0 Å². The van der Waals surface area contributed by atoms with Gasteiger partial charge in [-0.1, -0.05) is 104 Å². The minimum absolute atomic E-state index is 0.905. The number of para-hydroxylation sites is 1. The molecule has 0 aliphatic heterocycles. The van der Waals surface area contributed by atoms with Crippen LogP contribution in [0.3, 0.4) is 0 Å². The van der Waals surface area contributed by atoms with E-state index in [9.17, 15) is 0 Å². The van der Waals surface area contributed by atoms with Gasteiger partial charge < -0.3 is 5.32 Å². The fourth-order valence-electron chi connectivity index (χ4n) is 4.46. The lowest BCUT2D eigenvalue weighted by Crippen LogP contribution is -2.00. The van der Waals surface area contributed by atoms with Gasteiger partial charge in [-0.15, -0.1) is 0 Å². The third kappa shape index (κ3) is 3.56. The quantitative estimate of drug-likeness (QED) is 0.283. The predicted molar refractivity (Wildman–Crippen MR) is 140 cm³/mol. The molecule has 0 aromatic heterocycles. The van der Waals surface area contributed by atoms with Crippen LogP contribution in [-0.4, -0.2) is 0 Å². The second-order valence-electron chi connectivity index (χ2n) is 8.35. The maximum absolute atomic E-state index is 4.14. The Bertz CT molecular complexity index is 1440. The second-order valence-corrected chi connectivity index (χ2v) is 8.35. The van der Waals surface area contributed by atoms with E-state index in [0.29, 0.717) is 0 Å². The molecule has 0 amide bonds. The molecule has 0 aliphatic rings. The van der Waals surface area contributed by atoms with E-state index in [1.54, 1.807) is 0 Å². The van der Waals surface area contributed by atoms with E-state index in [2.05, 4.69) is 123 Å². The van der Waals surface area contributed by atoms with Gasteiger partial charge in [0.1, 0.15) is 0 Å². The molecule has 0 radical (unpaired) electrons. The SMILES string of the molecule is C=C(CC)Nc1c(C)cccc1-c1ccc(-c2cc3ccccc3c3ccccc23)cc1. The Labute approximate surface area is 190 Å². The molecule has 0 heterocycles. The smallest absolute Gasteiger partial charge is 0.0491 e. The number of nitrogens with one attached hydrogen (secondary N) is 1. The van der Waals surface area contributed by atoms with Crippen molar-refractivity contribution in [3.05, 3.63) is 115 Å². The van der Waals surface area contributed by atoms with Gasteiger partial charge >= 0.3 is 0 Å². The molecule has 0 unspecified atom stereocenters. The number of anilines is 1. The molecule has 0 bridgehead atoms. The molecule has 0 spiro atoms.